The van der Waals surface area contributed by atoms with E-state index in [4.69, 9.17) is 4.42 Å². The van der Waals surface area contributed by atoms with Crippen LogP contribution < -0.4 is 0 Å². The summed E-state index contributed by atoms with van der Waals surface area (Å²) in [4.78, 5) is 0. The fourth-order valence-corrected chi connectivity index (χ4v) is 7.51. The van der Waals surface area contributed by atoms with Crippen molar-refractivity contribution in [3.8, 4) is 16.8 Å². The first-order valence-corrected chi connectivity index (χ1v) is 15.1. The predicted octanol–water partition coefficient (Wildman–Crippen LogP) is 11.8. The van der Waals surface area contributed by atoms with Crippen molar-refractivity contribution in [3.63, 3.8) is 0 Å². The van der Waals surface area contributed by atoms with Crippen molar-refractivity contribution in [2.75, 3.05) is 0 Å². The van der Waals surface area contributed by atoms with Gasteiger partial charge in [-0.1, -0.05) is 109 Å². The van der Waals surface area contributed by atoms with Crippen LogP contribution in [0.3, 0.4) is 0 Å². The Kier molecular flexibility index (Phi) is 4.75. The zero-order valence-electron chi connectivity index (χ0n) is 23.8. The van der Waals surface area contributed by atoms with Gasteiger partial charge in [0.25, 0.3) is 0 Å². The number of benzene rings is 8. The molecule has 0 fully saturated rings. The summed E-state index contributed by atoms with van der Waals surface area (Å²) in [6, 6.07) is 54.8. The van der Waals surface area contributed by atoms with Crippen LogP contribution in [0.1, 0.15) is 0 Å². The Labute approximate surface area is 253 Å². The summed E-state index contributed by atoms with van der Waals surface area (Å²) >= 11 is 0. The molecular weight excluding hydrogens is 534 g/mol. The van der Waals surface area contributed by atoms with Gasteiger partial charge in [0.2, 0.25) is 0 Å². The SMILES string of the molecule is c1ccc(-n2c3ccccc3c3c4c5ccccc5c(-c5ccc6oc7ccccc7c6c5)cc4c4ccccc4c32)cc1. The Morgan fingerprint density at radius 1 is 0.386 bits per heavy atom. The third-order valence-corrected chi connectivity index (χ3v) is 9.34. The normalized spacial score (nSPS) is 12.1. The van der Waals surface area contributed by atoms with Crippen molar-refractivity contribution in [2.45, 2.75) is 0 Å². The molecule has 0 saturated heterocycles. The van der Waals surface area contributed by atoms with Crippen molar-refractivity contribution in [1.29, 1.82) is 0 Å². The number of hydrogen-bond donors (Lipinski definition) is 0. The number of aromatic nitrogens is 1. The fourth-order valence-electron chi connectivity index (χ4n) is 7.51. The van der Waals surface area contributed by atoms with Crippen LogP contribution in [0.25, 0.3) is 92.9 Å². The van der Waals surface area contributed by atoms with Crippen LogP contribution >= 0.6 is 0 Å². The first-order valence-electron chi connectivity index (χ1n) is 15.1. The van der Waals surface area contributed by atoms with E-state index in [-0.39, 0.29) is 0 Å². The standard InChI is InChI=1S/C42H25NO/c1-2-12-27(13-3-1)43-37-20-10-8-19-33(37)41-40-31-17-6-4-14-28(31)34(25-36(40)29-15-5-7-18-32(29)42(41)43)26-22-23-39-35(24-26)30-16-9-11-21-38(30)44-39/h1-25H. The van der Waals surface area contributed by atoms with Gasteiger partial charge < -0.3 is 8.98 Å². The first-order chi connectivity index (χ1) is 21.8. The first kappa shape index (κ1) is 23.7. The van der Waals surface area contributed by atoms with E-state index in [1.807, 2.05) is 12.1 Å². The maximum absolute atomic E-state index is 6.18. The van der Waals surface area contributed by atoms with Crippen molar-refractivity contribution >= 4 is 76.1 Å². The second-order valence-electron chi connectivity index (χ2n) is 11.7. The van der Waals surface area contributed by atoms with Gasteiger partial charge >= 0.3 is 0 Å². The van der Waals surface area contributed by atoms with Crippen LogP contribution in [-0.2, 0) is 0 Å². The molecule has 0 saturated carbocycles. The third kappa shape index (κ3) is 3.14. The third-order valence-electron chi connectivity index (χ3n) is 9.34. The predicted molar refractivity (Wildman–Crippen MR) is 186 cm³/mol. The van der Waals surface area contributed by atoms with Gasteiger partial charge in [-0.2, -0.15) is 0 Å². The molecule has 0 aliphatic rings. The van der Waals surface area contributed by atoms with Gasteiger partial charge in [0.15, 0.2) is 0 Å². The van der Waals surface area contributed by atoms with Gasteiger partial charge in [0, 0.05) is 38.0 Å². The molecule has 0 amide bonds. The minimum atomic E-state index is 0.918. The monoisotopic (exact) mass is 559 g/mol. The number of nitrogens with zero attached hydrogens (tertiary/aromatic N) is 1. The maximum atomic E-state index is 6.18. The largest absolute Gasteiger partial charge is 0.456 e. The van der Waals surface area contributed by atoms with Gasteiger partial charge in [-0.3, -0.25) is 0 Å². The molecule has 0 spiro atoms. The second kappa shape index (κ2) is 8.82. The summed E-state index contributed by atoms with van der Waals surface area (Å²) in [6.07, 6.45) is 0. The summed E-state index contributed by atoms with van der Waals surface area (Å²) < 4.78 is 8.64. The number of furan rings is 1. The van der Waals surface area contributed by atoms with E-state index in [0.717, 1.165) is 21.9 Å². The summed E-state index contributed by atoms with van der Waals surface area (Å²) in [5.41, 5.74) is 7.91. The Hall–Kier alpha value is -5.86. The van der Waals surface area contributed by atoms with Gasteiger partial charge in [-0.05, 0) is 75.1 Å². The zero-order valence-corrected chi connectivity index (χ0v) is 23.8. The van der Waals surface area contributed by atoms with Crippen LogP contribution in [0, 0.1) is 0 Å². The Bertz CT molecular complexity index is 2760. The smallest absolute Gasteiger partial charge is 0.135 e. The lowest BCUT2D eigenvalue weighted by molar-refractivity contribution is 0.669. The molecule has 2 aromatic heterocycles. The van der Waals surface area contributed by atoms with Gasteiger partial charge in [-0.25, -0.2) is 0 Å². The van der Waals surface area contributed by atoms with Crippen molar-refractivity contribution in [3.05, 3.63) is 152 Å². The van der Waals surface area contributed by atoms with Crippen LogP contribution in [0.5, 0.6) is 0 Å². The summed E-state index contributed by atoms with van der Waals surface area (Å²) in [7, 11) is 0. The number of fused-ring (bicyclic) bond motifs is 13. The average molecular weight is 560 g/mol. The van der Waals surface area contributed by atoms with E-state index in [9.17, 15) is 0 Å². The van der Waals surface area contributed by atoms with E-state index in [1.165, 1.54) is 70.9 Å². The van der Waals surface area contributed by atoms with Gasteiger partial charge in [0.1, 0.15) is 11.2 Å². The molecule has 10 rings (SSSR count). The van der Waals surface area contributed by atoms with Crippen LogP contribution in [-0.4, -0.2) is 4.57 Å². The zero-order chi connectivity index (χ0) is 28.8. The second-order valence-corrected chi connectivity index (χ2v) is 11.7. The average Bonchev–Trinajstić information content (AvgIpc) is 3.64. The Morgan fingerprint density at radius 3 is 1.86 bits per heavy atom. The highest BCUT2D eigenvalue weighted by Crippen LogP contribution is 2.47. The minimum Gasteiger partial charge on any atom is -0.456 e. The quantitative estimate of drug-likeness (QED) is 0.193. The highest BCUT2D eigenvalue weighted by Gasteiger charge is 2.21. The summed E-state index contributed by atoms with van der Waals surface area (Å²) in [5, 5.41) is 12.5. The Morgan fingerprint density at radius 2 is 1.02 bits per heavy atom. The van der Waals surface area contributed by atoms with Crippen molar-refractivity contribution in [1.82, 2.24) is 4.57 Å². The molecule has 0 atom stereocenters. The molecule has 10 aromatic rings. The number of rotatable bonds is 2. The van der Waals surface area contributed by atoms with Crippen molar-refractivity contribution < 1.29 is 4.42 Å². The van der Waals surface area contributed by atoms with Crippen LogP contribution in [0.4, 0.5) is 0 Å². The molecule has 2 heteroatoms. The van der Waals surface area contributed by atoms with E-state index in [2.05, 4.69) is 144 Å². The molecule has 2 heterocycles. The molecule has 0 aliphatic carbocycles. The highest BCUT2D eigenvalue weighted by atomic mass is 16.3. The molecule has 204 valence electrons. The fraction of sp³-hybridized carbons (Fsp3) is 0. The van der Waals surface area contributed by atoms with Gasteiger partial charge in [0.05, 0.1) is 11.0 Å². The highest BCUT2D eigenvalue weighted by molar-refractivity contribution is 6.38. The summed E-state index contributed by atoms with van der Waals surface area (Å²) in [5.74, 6) is 0. The number of para-hydroxylation sites is 3. The van der Waals surface area contributed by atoms with E-state index in [0.29, 0.717) is 0 Å². The molecule has 0 aliphatic heterocycles. The minimum absolute atomic E-state index is 0.918. The number of hydrogen-bond acceptors (Lipinski definition) is 1. The lowest BCUT2D eigenvalue weighted by Gasteiger charge is -2.16. The lowest BCUT2D eigenvalue weighted by Crippen LogP contribution is -1.94. The molecular formula is C42H25NO. The maximum Gasteiger partial charge on any atom is 0.135 e. The van der Waals surface area contributed by atoms with Crippen molar-refractivity contribution in [2.24, 2.45) is 0 Å². The lowest BCUT2D eigenvalue weighted by atomic mass is 9.88. The molecule has 0 N–H and O–H groups in total. The molecule has 0 radical (unpaired) electrons. The molecule has 0 unspecified atom stereocenters. The van der Waals surface area contributed by atoms with Crippen LogP contribution in [0.2, 0.25) is 0 Å². The van der Waals surface area contributed by atoms with Gasteiger partial charge in [-0.15, -0.1) is 0 Å². The molecule has 8 aromatic carbocycles. The van der Waals surface area contributed by atoms with Crippen LogP contribution in [0.15, 0.2) is 156 Å². The van der Waals surface area contributed by atoms with E-state index < -0.39 is 0 Å². The molecule has 0 bridgehead atoms. The topological polar surface area (TPSA) is 18.1 Å². The van der Waals surface area contributed by atoms with E-state index >= 15 is 0 Å². The Balaban J connectivity index is 1.42. The molecule has 44 heavy (non-hydrogen) atoms. The van der Waals surface area contributed by atoms with E-state index in [1.54, 1.807) is 0 Å². The summed E-state index contributed by atoms with van der Waals surface area (Å²) in [6.45, 7) is 0. The molecule has 2 nitrogen and oxygen atoms in total.